The fraction of sp³-hybridized carbons (Fsp3) is 0.300. The van der Waals surface area contributed by atoms with Gasteiger partial charge in [0.15, 0.2) is 17.8 Å². The van der Waals surface area contributed by atoms with Gasteiger partial charge in [0.2, 0.25) is 9.05 Å². The normalized spacial score (nSPS) is 14.3. The number of fused-ring (bicyclic) bond motifs is 1. The molecule has 1 aromatic carbocycles. The van der Waals surface area contributed by atoms with Gasteiger partial charge >= 0.3 is 0 Å². The Balaban J connectivity index is 2.62. The van der Waals surface area contributed by atoms with Crippen molar-refractivity contribution in [2.75, 3.05) is 13.2 Å². The molecule has 0 aromatic heterocycles. The van der Waals surface area contributed by atoms with Crippen molar-refractivity contribution in [2.45, 2.75) is 5.75 Å². The van der Waals surface area contributed by atoms with E-state index in [0.29, 0.717) is 28.5 Å². The molecule has 1 aliphatic rings. The molecule has 98 valence electrons. The van der Waals surface area contributed by atoms with Gasteiger partial charge < -0.3 is 9.47 Å². The summed E-state index contributed by atoms with van der Waals surface area (Å²) >= 11 is 3.20. The lowest BCUT2D eigenvalue weighted by Crippen LogP contribution is -2.18. The summed E-state index contributed by atoms with van der Waals surface area (Å²) in [5, 5.41) is 0. The minimum atomic E-state index is -3.73. The Kier molecular flexibility index (Phi) is 3.84. The number of halogens is 2. The molecule has 0 N–H and O–H groups in total. The summed E-state index contributed by atoms with van der Waals surface area (Å²) in [7, 11) is 1.51. The van der Waals surface area contributed by atoms with Gasteiger partial charge in [0, 0.05) is 20.7 Å². The summed E-state index contributed by atoms with van der Waals surface area (Å²) in [6.45, 7) is 0.597. The van der Waals surface area contributed by atoms with Gasteiger partial charge in [0.25, 0.3) is 0 Å². The molecule has 0 atom stereocenters. The first-order chi connectivity index (χ1) is 8.42. The zero-order valence-corrected chi connectivity index (χ0v) is 12.1. The van der Waals surface area contributed by atoms with E-state index in [-0.39, 0.29) is 18.1 Å². The van der Waals surface area contributed by atoms with Gasteiger partial charge in [-0.1, -0.05) is 15.9 Å². The molecule has 1 aliphatic heterocycles. The van der Waals surface area contributed by atoms with Gasteiger partial charge in [-0.05, 0) is 6.07 Å². The fourth-order valence-corrected chi connectivity index (χ4v) is 3.36. The van der Waals surface area contributed by atoms with Crippen LogP contribution in [0.2, 0.25) is 0 Å². The van der Waals surface area contributed by atoms with Crippen molar-refractivity contribution in [3.05, 3.63) is 21.7 Å². The average molecular weight is 356 g/mol. The monoisotopic (exact) mass is 354 g/mol. The van der Waals surface area contributed by atoms with E-state index in [1.54, 1.807) is 0 Å². The molecule has 18 heavy (non-hydrogen) atoms. The molecule has 5 nitrogen and oxygen atoms in total. The number of ether oxygens (including phenoxy) is 2. The quantitative estimate of drug-likeness (QED) is 0.613. The molecule has 8 heteroatoms. The van der Waals surface area contributed by atoms with Gasteiger partial charge in [0.1, 0.15) is 13.2 Å². The van der Waals surface area contributed by atoms with Crippen molar-refractivity contribution in [3.63, 3.8) is 0 Å². The van der Waals surface area contributed by atoms with Crippen LogP contribution in [0.1, 0.15) is 15.9 Å². The number of hydrogen-bond donors (Lipinski definition) is 0. The van der Waals surface area contributed by atoms with Gasteiger partial charge in [-0.25, -0.2) is 8.42 Å². The van der Waals surface area contributed by atoms with Crippen LogP contribution in [0, 0.1) is 0 Å². The molecule has 0 aliphatic carbocycles. The van der Waals surface area contributed by atoms with Crippen molar-refractivity contribution in [1.29, 1.82) is 0 Å². The molecular formula is C10H8BrClO5S. The number of carbonyl (C=O) groups excluding carboxylic acids is 1. The van der Waals surface area contributed by atoms with Crippen LogP contribution >= 0.6 is 26.6 Å². The van der Waals surface area contributed by atoms with Gasteiger partial charge in [-0.15, -0.1) is 0 Å². The van der Waals surface area contributed by atoms with E-state index in [1.807, 2.05) is 0 Å². The third-order valence-corrected chi connectivity index (χ3v) is 4.00. The Hall–Kier alpha value is -0.790. The van der Waals surface area contributed by atoms with Crippen molar-refractivity contribution >= 4 is 41.9 Å². The molecule has 0 fully saturated rings. The maximum atomic E-state index is 11.2. The number of rotatable bonds is 3. The van der Waals surface area contributed by atoms with Gasteiger partial charge in [-0.2, -0.15) is 0 Å². The average Bonchev–Trinajstić information content (AvgIpc) is 2.31. The van der Waals surface area contributed by atoms with E-state index >= 15 is 0 Å². The van der Waals surface area contributed by atoms with Crippen LogP contribution in [0.15, 0.2) is 10.5 Å². The zero-order chi connectivity index (χ0) is 13.3. The Bertz CT molecular complexity index is 599. The summed E-state index contributed by atoms with van der Waals surface area (Å²) in [5.41, 5.74) is 0.651. The van der Waals surface area contributed by atoms with Gasteiger partial charge in [-0.3, -0.25) is 4.79 Å². The molecular weight excluding hydrogens is 348 g/mol. The predicted molar refractivity (Wildman–Crippen MR) is 69.0 cm³/mol. The molecule has 0 saturated carbocycles. The van der Waals surface area contributed by atoms with Crippen LogP contribution in [0.5, 0.6) is 11.5 Å². The van der Waals surface area contributed by atoms with Crippen molar-refractivity contribution in [3.8, 4) is 11.5 Å². The molecule has 1 heterocycles. The van der Waals surface area contributed by atoms with Crippen LogP contribution < -0.4 is 9.47 Å². The number of hydrogen-bond acceptors (Lipinski definition) is 5. The molecule has 0 spiro atoms. The first kappa shape index (κ1) is 13.6. The van der Waals surface area contributed by atoms with Gasteiger partial charge in [0.05, 0.1) is 11.3 Å². The third kappa shape index (κ3) is 2.78. The van der Waals surface area contributed by atoms with Crippen molar-refractivity contribution < 1.29 is 22.7 Å². The summed E-state index contributed by atoms with van der Waals surface area (Å²) < 4.78 is 33.5. The zero-order valence-electron chi connectivity index (χ0n) is 8.98. The Morgan fingerprint density at radius 2 is 1.94 bits per heavy atom. The standard InChI is InChI=1S/C10H8BrClO5S/c11-8-3-6(4-13)9-10(17-2-1-16-9)7(8)5-18(12,14)15/h3-4H,1-2,5H2. The Morgan fingerprint density at radius 3 is 2.50 bits per heavy atom. The Labute approximate surface area is 117 Å². The maximum Gasteiger partial charge on any atom is 0.236 e. The lowest BCUT2D eigenvalue weighted by Gasteiger charge is -2.23. The van der Waals surface area contributed by atoms with E-state index in [2.05, 4.69) is 15.9 Å². The largest absolute Gasteiger partial charge is 0.486 e. The van der Waals surface area contributed by atoms with E-state index < -0.39 is 14.8 Å². The highest BCUT2D eigenvalue weighted by Gasteiger charge is 2.25. The number of benzene rings is 1. The molecule has 0 amide bonds. The maximum absolute atomic E-state index is 11.2. The second kappa shape index (κ2) is 5.07. The summed E-state index contributed by atoms with van der Waals surface area (Å²) in [4.78, 5) is 10.9. The van der Waals surface area contributed by atoms with E-state index in [0.717, 1.165) is 0 Å². The molecule has 2 rings (SSSR count). The van der Waals surface area contributed by atoms with Crippen LogP contribution in [-0.4, -0.2) is 27.9 Å². The minimum absolute atomic E-state index is 0.252. The van der Waals surface area contributed by atoms with Crippen molar-refractivity contribution in [2.24, 2.45) is 0 Å². The summed E-state index contributed by atoms with van der Waals surface area (Å²) in [6, 6.07) is 1.48. The molecule has 0 bridgehead atoms. The topological polar surface area (TPSA) is 69.7 Å². The first-order valence-corrected chi connectivity index (χ1v) is 8.18. The minimum Gasteiger partial charge on any atom is -0.486 e. The first-order valence-electron chi connectivity index (χ1n) is 4.91. The predicted octanol–water partition coefficient (Wildman–Crippen LogP) is 2.10. The van der Waals surface area contributed by atoms with E-state index in [1.165, 1.54) is 6.07 Å². The smallest absolute Gasteiger partial charge is 0.236 e. The van der Waals surface area contributed by atoms with E-state index in [9.17, 15) is 13.2 Å². The van der Waals surface area contributed by atoms with Crippen LogP contribution in [0.3, 0.4) is 0 Å². The van der Waals surface area contributed by atoms with Crippen molar-refractivity contribution in [1.82, 2.24) is 0 Å². The highest BCUT2D eigenvalue weighted by Crippen LogP contribution is 2.41. The summed E-state index contributed by atoms with van der Waals surface area (Å²) in [5.74, 6) is 0.108. The highest BCUT2D eigenvalue weighted by molar-refractivity contribution is 9.10. The van der Waals surface area contributed by atoms with Crippen LogP contribution in [-0.2, 0) is 14.8 Å². The highest BCUT2D eigenvalue weighted by atomic mass is 79.9. The van der Waals surface area contributed by atoms with E-state index in [4.69, 9.17) is 20.2 Å². The SMILES string of the molecule is O=Cc1cc(Br)c(CS(=O)(=O)Cl)c2c1OCCO2. The van der Waals surface area contributed by atoms with Crippen LogP contribution in [0.25, 0.3) is 0 Å². The fourth-order valence-electron chi connectivity index (χ4n) is 1.65. The lowest BCUT2D eigenvalue weighted by atomic mass is 10.1. The second-order valence-corrected chi connectivity index (χ2v) is 7.21. The third-order valence-electron chi connectivity index (χ3n) is 2.33. The molecule has 1 aromatic rings. The lowest BCUT2D eigenvalue weighted by molar-refractivity contribution is 0.111. The Morgan fingerprint density at radius 1 is 1.33 bits per heavy atom. The van der Waals surface area contributed by atoms with Crippen LogP contribution in [0.4, 0.5) is 0 Å². The molecule has 0 radical (unpaired) electrons. The number of carbonyl (C=O) groups is 1. The second-order valence-electron chi connectivity index (χ2n) is 3.58. The summed E-state index contributed by atoms with van der Waals surface area (Å²) in [6.07, 6.45) is 0.622. The number of aldehydes is 1. The molecule has 0 unspecified atom stereocenters. The molecule has 0 saturated heterocycles.